The molecule has 2 rings (SSSR count). The number of nitrogens with zero attached hydrogens (tertiary/aromatic N) is 2. The number of amides is 1. The van der Waals surface area contributed by atoms with Crippen LogP contribution in [0.15, 0.2) is 47.5 Å². The van der Waals surface area contributed by atoms with Gasteiger partial charge in [0.25, 0.3) is 11.9 Å². The van der Waals surface area contributed by atoms with Gasteiger partial charge in [-0.1, -0.05) is 23.8 Å². The Bertz CT molecular complexity index is 833. The van der Waals surface area contributed by atoms with E-state index in [1.54, 1.807) is 20.3 Å². The average molecular weight is 384 g/mol. The minimum Gasteiger partial charge on any atom is -0.493 e. The maximum absolute atomic E-state index is 12.5. The van der Waals surface area contributed by atoms with Crippen molar-refractivity contribution >= 4 is 11.9 Å². The number of carbonyl (C=O) groups excluding carboxylic acids is 1. The highest BCUT2D eigenvalue weighted by atomic mass is 16.5. The number of likely N-dealkylation sites (N-methyl/N-ethyl adjacent to an activating group) is 1. The Morgan fingerprint density at radius 3 is 2.46 bits per heavy atom. The third-order valence-corrected chi connectivity index (χ3v) is 4.25. The molecule has 0 aromatic heterocycles. The Morgan fingerprint density at radius 1 is 1.07 bits per heavy atom. The molecule has 0 saturated carbocycles. The number of aliphatic imine (C=N–C) groups is 1. The zero-order chi connectivity index (χ0) is 20.5. The van der Waals surface area contributed by atoms with Crippen molar-refractivity contribution in [3.8, 4) is 11.5 Å². The molecule has 28 heavy (non-hydrogen) atoms. The Balaban J connectivity index is 2.10. The second-order valence-electron chi connectivity index (χ2n) is 6.36. The zero-order valence-corrected chi connectivity index (χ0v) is 17.2. The van der Waals surface area contributed by atoms with Crippen molar-refractivity contribution < 1.29 is 19.0 Å². The first-order valence-electron chi connectivity index (χ1n) is 9.23. The number of rotatable bonds is 7. The fourth-order valence-electron chi connectivity index (χ4n) is 2.72. The molecule has 0 saturated heterocycles. The van der Waals surface area contributed by atoms with Gasteiger partial charge in [-0.2, -0.15) is 4.99 Å². The maximum atomic E-state index is 12.5. The van der Waals surface area contributed by atoms with Crippen LogP contribution in [0.3, 0.4) is 0 Å². The smallest absolute Gasteiger partial charge is 0.295 e. The second-order valence-corrected chi connectivity index (χ2v) is 6.36. The van der Waals surface area contributed by atoms with Gasteiger partial charge in [0.1, 0.15) is 0 Å². The fourth-order valence-corrected chi connectivity index (χ4v) is 2.72. The van der Waals surface area contributed by atoms with Crippen molar-refractivity contribution in [3.05, 3.63) is 59.2 Å². The highest BCUT2D eigenvalue weighted by Gasteiger charge is 2.13. The molecule has 0 atom stereocenters. The Labute approximate surface area is 166 Å². The van der Waals surface area contributed by atoms with Gasteiger partial charge < -0.3 is 19.1 Å². The highest BCUT2D eigenvalue weighted by Crippen LogP contribution is 2.27. The molecule has 0 heterocycles. The first-order chi connectivity index (χ1) is 13.5. The lowest BCUT2D eigenvalue weighted by atomic mass is 10.1. The van der Waals surface area contributed by atoms with Crippen LogP contribution >= 0.6 is 0 Å². The third-order valence-electron chi connectivity index (χ3n) is 4.25. The van der Waals surface area contributed by atoms with Gasteiger partial charge in [0.05, 0.1) is 20.8 Å². The number of aryl methyl sites for hydroxylation is 1. The molecule has 0 unspecified atom stereocenters. The van der Waals surface area contributed by atoms with Gasteiger partial charge in [-0.25, -0.2) is 0 Å². The van der Waals surface area contributed by atoms with E-state index in [2.05, 4.69) is 4.99 Å². The first kappa shape index (κ1) is 21.3. The minimum atomic E-state index is -0.315. The predicted molar refractivity (Wildman–Crippen MR) is 110 cm³/mol. The standard InChI is InChI=1S/C22H28N2O4/c1-6-28-22(23-21(25)18-9-7-8-16(2)14-18)24(3)13-12-17-10-11-19(26-4)20(15-17)27-5/h7-11,14-15H,6,12-13H2,1-5H3. The van der Waals surface area contributed by atoms with Gasteiger partial charge >= 0.3 is 0 Å². The lowest BCUT2D eigenvalue weighted by molar-refractivity contribution is 0.0995. The molecule has 0 N–H and O–H groups in total. The largest absolute Gasteiger partial charge is 0.493 e. The number of carbonyl (C=O) groups is 1. The van der Waals surface area contributed by atoms with Crippen LogP contribution in [0.25, 0.3) is 0 Å². The highest BCUT2D eigenvalue weighted by molar-refractivity contribution is 6.01. The summed E-state index contributed by atoms with van der Waals surface area (Å²) in [5.41, 5.74) is 2.65. The molecule has 0 aliphatic rings. The maximum Gasteiger partial charge on any atom is 0.295 e. The molecule has 1 amide bonds. The van der Waals surface area contributed by atoms with Crippen LogP contribution in [0.4, 0.5) is 0 Å². The number of benzene rings is 2. The van der Waals surface area contributed by atoms with Crippen molar-refractivity contribution in [3.63, 3.8) is 0 Å². The summed E-state index contributed by atoms with van der Waals surface area (Å²) in [7, 11) is 5.09. The summed E-state index contributed by atoms with van der Waals surface area (Å²) in [6, 6.07) is 13.5. The van der Waals surface area contributed by atoms with Crippen LogP contribution in [0, 0.1) is 6.92 Å². The molecule has 0 aliphatic carbocycles. The summed E-state index contributed by atoms with van der Waals surface area (Å²) >= 11 is 0. The van der Waals surface area contributed by atoms with E-state index < -0.39 is 0 Å². The van der Waals surface area contributed by atoms with Gasteiger partial charge in [0.15, 0.2) is 11.5 Å². The monoisotopic (exact) mass is 384 g/mol. The molecule has 0 radical (unpaired) electrons. The topological polar surface area (TPSA) is 60.4 Å². The summed E-state index contributed by atoms with van der Waals surface area (Å²) in [4.78, 5) is 18.5. The van der Waals surface area contributed by atoms with Gasteiger partial charge in [0, 0.05) is 19.2 Å². The van der Waals surface area contributed by atoms with Crippen molar-refractivity contribution in [2.45, 2.75) is 20.3 Å². The van der Waals surface area contributed by atoms with E-state index in [-0.39, 0.29) is 5.91 Å². The van der Waals surface area contributed by atoms with Crippen molar-refractivity contribution in [2.24, 2.45) is 4.99 Å². The van der Waals surface area contributed by atoms with E-state index in [0.717, 1.165) is 17.5 Å². The van der Waals surface area contributed by atoms with Crippen molar-refractivity contribution in [1.82, 2.24) is 4.90 Å². The Morgan fingerprint density at radius 2 is 1.82 bits per heavy atom. The zero-order valence-electron chi connectivity index (χ0n) is 17.2. The molecule has 2 aromatic carbocycles. The predicted octanol–water partition coefficient (Wildman–Crippen LogP) is 3.72. The molecule has 6 heteroatoms. The van der Waals surface area contributed by atoms with Crippen LogP contribution < -0.4 is 9.47 Å². The SMILES string of the molecule is CCOC(=NC(=O)c1cccc(C)c1)N(C)CCc1ccc(OC)c(OC)c1. The van der Waals surface area contributed by atoms with Crippen LogP contribution in [-0.2, 0) is 11.2 Å². The molecule has 0 bridgehead atoms. The van der Waals surface area contributed by atoms with Gasteiger partial charge in [-0.15, -0.1) is 0 Å². The fraction of sp³-hybridized carbons (Fsp3) is 0.364. The molecule has 6 nitrogen and oxygen atoms in total. The summed E-state index contributed by atoms with van der Waals surface area (Å²) in [6.07, 6.45) is 0.738. The normalized spacial score (nSPS) is 11.1. The Kier molecular flexibility index (Phi) is 7.87. The van der Waals surface area contributed by atoms with Crippen LogP contribution in [0.2, 0.25) is 0 Å². The van der Waals surface area contributed by atoms with E-state index in [0.29, 0.717) is 36.2 Å². The lowest BCUT2D eigenvalue weighted by Crippen LogP contribution is -2.32. The van der Waals surface area contributed by atoms with Gasteiger partial charge in [-0.3, -0.25) is 4.79 Å². The van der Waals surface area contributed by atoms with Crippen LogP contribution in [-0.4, -0.2) is 51.2 Å². The quantitative estimate of drug-likeness (QED) is 0.538. The second kappa shape index (κ2) is 10.3. The summed E-state index contributed by atoms with van der Waals surface area (Å²) in [5, 5.41) is 0. The van der Waals surface area contributed by atoms with Crippen LogP contribution in [0.5, 0.6) is 11.5 Å². The first-order valence-corrected chi connectivity index (χ1v) is 9.23. The molecule has 150 valence electrons. The van der Waals surface area contributed by atoms with Gasteiger partial charge in [-0.05, 0) is 50.1 Å². The number of hydrogen-bond acceptors (Lipinski definition) is 4. The average Bonchev–Trinajstić information content (AvgIpc) is 2.71. The van der Waals surface area contributed by atoms with E-state index >= 15 is 0 Å². The van der Waals surface area contributed by atoms with Crippen LogP contribution in [0.1, 0.15) is 28.4 Å². The summed E-state index contributed by atoms with van der Waals surface area (Å²) < 4.78 is 16.2. The number of hydrogen-bond donors (Lipinski definition) is 0. The summed E-state index contributed by atoms with van der Waals surface area (Å²) in [6.45, 7) is 4.88. The van der Waals surface area contributed by atoms with Crippen molar-refractivity contribution in [1.29, 1.82) is 0 Å². The molecular formula is C22H28N2O4. The van der Waals surface area contributed by atoms with Gasteiger partial charge in [0.2, 0.25) is 0 Å². The van der Waals surface area contributed by atoms with E-state index in [4.69, 9.17) is 14.2 Å². The van der Waals surface area contributed by atoms with E-state index in [1.165, 1.54) is 0 Å². The van der Waals surface area contributed by atoms with E-state index in [9.17, 15) is 4.79 Å². The molecule has 0 aliphatic heterocycles. The molecule has 0 spiro atoms. The number of amidine groups is 1. The lowest BCUT2D eigenvalue weighted by Gasteiger charge is -2.20. The molecule has 2 aromatic rings. The molecule has 0 fully saturated rings. The minimum absolute atomic E-state index is 0.314. The Hall–Kier alpha value is -3.02. The summed E-state index contributed by atoms with van der Waals surface area (Å²) in [5.74, 6) is 1.07. The van der Waals surface area contributed by atoms with E-state index in [1.807, 2.05) is 62.2 Å². The number of ether oxygens (including phenoxy) is 3. The third kappa shape index (κ3) is 5.74. The number of methoxy groups -OCH3 is 2. The van der Waals surface area contributed by atoms with Crippen molar-refractivity contribution in [2.75, 3.05) is 34.4 Å². The molecular weight excluding hydrogens is 356 g/mol.